The molecule has 0 spiro atoms. The van der Waals surface area contributed by atoms with Gasteiger partial charge in [-0.25, -0.2) is 4.39 Å². The van der Waals surface area contributed by atoms with Gasteiger partial charge in [0.2, 0.25) is 0 Å². The molecule has 0 radical (unpaired) electrons. The predicted molar refractivity (Wildman–Crippen MR) is 129 cm³/mol. The topological polar surface area (TPSA) is 39.7 Å². The van der Waals surface area contributed by atoms with Crippen LogP contribution in [0.2, 0.25) is 5.02 Å². The lowest BCUT2D eigenvalue weighted by atomic mass is 9.87. The number of nitrogens with one attached hydrogen (secondary N) is 1. The lowest BCUT2D eigenvalue weighted by Crippen LogP contribution is -2.51. The summed E-state index contributed by atoms with van der Waals surface area (Å²) < 4.78 is 32.4. The molecule has 1 heterocycles. The molecule has 174 valence electrons. The number of anilines is 1. The van der Waals surface area contributed by atoms with E-state index >= 15 is 0 Å². The van der Waals surface area contributed by atoms with E-state index < -0.39 is 5.60 Å². The molecule has 3 aromatic carbocycles. The minimum atomic E-state index is -0.629. The average Bonchev–Trinajstić information content (AvgIpc) is 2.77. The van der Waals surface area contributed by atoms with E-state index in [4.69, 9.17) is 25.8 Å². The van der Waals surface area contributed by atoms with Gasteiger partial charge >= 0.3 is 0 Å². The van der Waals surface area contributed by atoms with Gasteiger partial charge in [-0.1, -0.05) is 35.9 Å². The Labute approximate surface area is 199 Å². The zero-order valence-electron chi connectivity index (χ0n) is 19.1. The van der Waals surface area contributed by atoms with Crippen molar-refractivity contribution in [3.63, 3.8) is 0 Å². The third-order valence-corrected chi connectivity index (χ3v) is 5.94. The van der Waals surface area contributed by atoms with Crippen molar-refractivity contribution < 1.29 is 18.6 Å². The van der Waals surface area contributed by atoms with Gasteiger partial charge in [0.25, 0.3) is 0 Å². The number of hydrogen-bond acceptors (Lipinski definition) is 4. The van der Waals surface area contributed by atoms with Crippen molar-refractivity contribution in [1.29, 1.82) is 0 Å². The van der Waals surface area contributed by atoms with E-state index in [1.165, 1.54) is 12.1 Å². The molecule has 4 nitrogen and oxygen atoms in total. The molecular formula is C27H29ClFNO3. The highest BCUT2D eigenvalue weighted by molar-refractivity contribution is 6.30. The van der Waals surface area contributed by atoms with Crippen LogP contribution in [0.25, 0.3) is 0 Å². The maximum Gasteiger partial charge on any atom is 0.132 e. The number of hydrogen-bond donors (Lipinski definition) is 1. The van der Waals surface area contributed by atoms with E-state index in [1.807, 2.05) is 69.3 Å². The van der Waals surface area contributed by atoms with Gasteiger partial charge in [-0.15, -0.1) is 0 Å². The third-order valence-electron chi connectivity index (χ3n) is 5.70. The molecule has 0 aliphatic carbocycles. The summed E-state index contributed by atoms with van der Waals surface area (Å²) in [5, 5.41) is 4.16. The molecule has 1 aliphatic heterocycles. The van der Waals surface area contributed by atoms with Gasteiger partial charge in [0, 0.05) is 29.4 Å². The lowest BCUT2D eigenvalue weighted by molar-refractivity contribution is -0.165. The predicted octanol–water partition coefficient (Wildman–Crippen LogP) is 6.93. The SMILES string of the molecule is CCOC1c2cc(NCc3cccc(Cl)c3)ccc2OC(C)(C)C1OCc1cccc(F)c1. The maximum absolute atomic E-state index is 13.6. The minimum Gasteiger partial charge on any atom is -0.485 e. The second-order valence-electron chi connectivity index (χ2n) is 8.68. The Morgan fingerprint density at radius 1 is 1.00 bits per heavy atom. The van der Waals surface area contributed by atoms with E-state index in [0.29, 0.717) is 18.2 Å². The summed E-state index contributed by atoms with van der Waals surface area (Å²) in [6, 6.07) is 20.2. The van der Waals surface area contributed by atoms with Crippen LogP contribution in [0.3, 0.4) is 0 Å². The molecule has 0 saturated carbocycles. The van der Waals surface area contributed by atoms with E-state index in [2.05, 4.69) is 5.32 Å². The van der Waals surface area contributed by atoms with Crippen molar-refractivity contribution in [2.75, 3.05) is 11.9 Å². The maximum atomic E-state index is 13.6. The van der Waals surface area contributed by atoms with Crippen molar-refractivity contribution in [3.8, 4) is 5.75 Å². The Kier molecular flexibility index (Phi) is 7.23. The fourth-order valence-electron chi connectivity index (χ4n) is 4.15. The van der Waals surface area contributed by atoms with Gasteiger partial charge in [-0.2, -0.15) is 0 Å². The van der Waals surface area contributed by atoms with E-state index in [9.17, 15) is 4.39 Å². The first-order valence-electron chi connectivity index (χ1n) is 11.1. The molecule has 33 heavy (non-hydrogen) atoms. The third kappa shape index (κ3) is 5.67. The first-order valence-corrected chi connectivity index (χ1v) is 11.5. The van der Waals surface area contributed by atoms with Gasteiger partial charge in [-0.05, 0) is 74.4 Å². The van der Waals surface area contributed by atoms with Crippen LogP contribution in [-0.4, -0.2) is 18.3 Å². The molecule has 0 bridgehead atoms. The highest BCUT2D eigenvalue weighted by Crippen LogP contribution is 2.44. The van der Waals surface area contributed by atoms with Crippen LogP contribution in [-0.2, 0) is 22.6 Å². The summed E-state index contributed by atoms with van der Waals surface area (Å²) in [7, 11) is 0. The van der Waals surface area contributed by atoms with Gasteiger partial charge in [0.05, 0.1) is 6.61 Å². The summed E-state index contributed by atoms with van der Waals surface area (Å²) in [4.78, 5) is 0. The molecule has 1 aliphatic rings. The molecule has 0 amide bonds. The number of halogens is 2. The summed E-state index contributed by atoms with van der Waals surface area (Å²) in [5.41, 5.74) is 3.11. The normalized spacial score (nSPS) is 18.9. The van der Waals surface area contributed by atoms with Crippen molar-refractivity contribution in [2.24, 2.45) is 0 Å². The quantitative estimate of drug-likeness (QED) is 0.388. The van der Waals surface area contributed by atoms with Crippen LogP contribution < -0.4 is 10.1 Å². The zero-order valence-corrected chi connectivity index (χ0v) is 19.9. The van der Waals surface area contributed by atoms with Gasteiger partial charge < -0.3 is 19.5 Å². The molecular weight excluding hydrogens is 441 g/mol. The number of benzene rings is 3. The summed E-state index contributed by atoms with van der Waals surface area (Å²) >= 11 is 6.11. The van der Waals surface area contributed by atoms with Gasteiger partial charge in [0.1, 0.15) is 29.4 Å². The van der Waals surface area contributed by atoms with Crippen LogP contribution in [0.1, 0.15) is 43.6 Å². The second kappa shape index (κ2) is 10.1. The fourth-order valence-corrected chi connectivity index (χ4v) is 4.36. The zero-order chi connectivity index (χ0) is 23.4. The van der Waals surface area contributed by atoms with Crippen molar-refractivity contribution in [3.05, 3.63) is 94.3 Å². The Hall–Kier alpha value is -2.60. The highest BCUT2D eigenvalue weighted by Gasteiger charge is 2.45. The standard InChI is InChI=1S/C27H29ClFNO3/c1-4-31-25-23-15-22(30-16-18-7-5-9-20(28)13-18)11-12-24(23)33-27(2,3)26(25)32-17-19-8-6-10-21(29)14-19/h5-15,25-26,30H,4,16-17H2,1-3H3. The second-order valence-corrected chi connectivity index (χ2v) is 9.12. The molecule has 1 N–H and O–H groups in total. The van der Waals surface area contributed by atoms with Crippen LogP contribution in [0, 0.1) is 5.82 Å². The van der Waals surface area contributed by atoms with E-state index in [0.717, 1.165) is 28.1 Å². The van der Waals surface area contributed by atoms with Crippen LogP contribution in [0.15, 0.2) is 66.7 Å². The van der Waals surface area contributed by atoms with Gasteiger partial charge in [0.15, 0.2) is 0 Å². The van der Waals surface area contributed by atoms with Crippen LogP contribution in [0.4, 0.5) is 10.1 Å². The highest BCUT2D eigenvalue weighted by atomic mass is 35.5. The molecule has 2 atom stereocenters. The average molecular weight is 470 g/mol. The first-order chi connectivity index (χ1) is 15.9. The summed E-state index contributed by atoms with van der Waals surface area (Å²) in [6.45, 7) is 7.38. The van der Waals surface area contributed by atoms with Crippen LogP contribution in [0.5, 0.6) is 5.75 Å². The van der Waals surface area contributed by atoms with Crippen LogP contribution >= 0.6 is 11.6 Å². The largest absolute Gasteiger partial charge is 0.485 e. The minimum absolute atomic E-state index is 0.265. The first kappa shape index (κ1) is 23.6. The van der Waals surface area contributed by atoms with Crippen molar-refractivity contribution in [1.82, 2.24) is 0 Å². The summed E-state index contributed by atoms with van der Waals surface area (Å²) in [5.74, 6) is 0.495. The van der Waals surface area contributed by atoms with Crippen molar-refractivity contribution >= 4 is 17.3 Å². The van der Waals surface area contributed by atoms with E-state index in [-0.39, 0.29) is 24.6 Å². The molecule has 0 fully saturated rings. The smallest absolute Gasteiger partial charge is 0.132 e. The van der Waals surface area contributed by atoms with E-state index in [1.54, 1.807) is 6.07 Å². The molecule has 0 aromatic heterocycles. The summed E-state index contributed by atoms with van der Waals surface area (Å²) in [6.07, 6.45) is -0.702. The molecule has 4 rings (SSSR count). The Bertz CT molecular complexity index is 1100. The Balaban J connectivity index is 1.56. The number of rotatable bonds is 8. The van der Waals surface area contributed by atoms with Gasteiger partial charge in [-0.3, -0.25) is 0 Å². The number of fused-ring (bicyclic) bond motifs is 1. The molecule has 6 heteroatoms. The molecule has 3 aromatic rings. The van der Waals surface area contributed by atoms with Crippen molar-refractivity contribution in [2.45, 2.75) is 51.7 Å². The fraction of sp³-hybridized carbons (Fsp3) is 0.333. The lowest BCUT2D eigenvalue weighted by Gasteiger charge is -2.44. The Morgan fingerprint density at radius 2 is 1.79 bits per heavy atom. The molecule has 0 saturated heterocycles. The number of ether oxygens (including phenoxy) is 3. The molecule has 2 unspecified atom stereocenters. The Morgan fingerprint density at radius 3 is 2.55 bits per heavy atom. The monoisotopic (exact) mass is 469 g/mol.